The van der Waals surface area contributed by atoms with Gasteiger partial charge >= 0.3 is 5.97 Å². The van der Waals surface area contributed by atoms with Gasteiger partial charge in [-0.3, -0.25) is 4.72 Å². The van der Waals surface area contributed by atoms with E-state index in [0.29, 0.717) is 27.9 Å². The van der Waals surface area contributed by atoms with Crippen LogP contribution in [0.25, 0.3) is 16.6 Å². The molecule has 0 bridgehead atoms. The van der Waals surface area contributed by atoms with Gasteiger partial charge in [0.2, 0.25) is 0 Å². The first-order valence-corrected chi connectivity index (χ1v) is 15.0. The highest BCUT2D eigenvalue weighted by Crippen LogP contribution is 2.45. The molecular formula is C28H21N3O5S3. The topological polar surface area (TPSA) is 118 Å². The highest BCUT2D eigenvalue weighted by Gasteiger charge is 2.48. The zero-order chi connectivity index (χ0) is 27.2. The Balaban J connectivity index is 1.38. The van der Waals surface area contributed by atoms with E-state index in [9.17, 15) is 18.3 Å². The Morgan fingerprint density at radius 1 is 0.974 bits per heavy atom. The van der Waals surface area contributed by atoms with Gasteiger partial charge in [-0.05, 0) is 60.3 Å². The summed E-state index contributed by atoms with van der Waals surface area (Å²) in [5.41, 5.74) is 4.15. The van der Waals surface area contributed by atoms with Crippen LogP contribution in [0, 0.1) is 6.92 Å². The number of hydrogen-bond acceptors (Lipinski definition) is 9. The van der Waals surface area contributed by atoms with Gasteiger partial charge in [-0.25, -0.2) is 13.2 Å². The second kappa shape index (κ2) is 9.69. The number of aromatic nitrogens is 2. The van der Waals surface area contributed by atoms with Gasteiger partial charge in [-0.1, -0.05) is 42.0 Å². The Morgan fingerprint density at radius 2 is 1.72 bits per heavy atom. The Hall–Kier alpha value is -3.90. The molecular weight excluding hydrogens is 555 g/mol. The van der Waals surface area contributed by atoms with Gasteiger partial charge in [0.05, 0.1) is 22.2 Å². The predicted molar refractivity (Wildman–Crippen MR) is 151 cm³/mol. The van der Waals surface area contributed by atoms with Crippen LogP contribution in [0.15, 0.2) is 94.7 Å². The van der Waals surface area contributed by atoms with Gasteiger partial charge in [-0.2, -0.15) is 8.75 Å². The molecule has 2 aromatic heterocycles. The lowest BCUT2D eigenvalue weighted by Gasteiger charge is -2.25. The third-order valence-corrected chi connectivity index (χ3v) is 9.32. The molecule has 0 aliphatic carbocycles. The number of aliphatic hydroxyl groups is 1. The predicted octanol–water partition coefficient (Wildman–Crippen LogP) is 5.26. The molecule has 39 heavy (non-hydrogen) atoms. The van der Waals surface area contributed by atoms with Crippen molar-refractivity contribution in [2.45, 2.75) is 24.0 Å². The third kappa shape index (κ3) is 4.74. The number of nitrogens with zero attached hydrogens (tertiary/aromatic N) is 2. The molecule has 6 rings (SSSR count). The molecule has 1 atom stereocenters. The maximum Gasteiger partial charge on any atom is 0.342 e. The molecule has 5 aromatic rings. The molecule has 1 aliphatic heterocycles. The molecule has 0 saturated heterocycles. The van der Waals surface area contributed by atoms with Gasteiger partial charge < -0.3 is 9.84 Å². The van der Waals surface area contributed by atoms with Crippen LogP contribution < -0.4 is 4.72 Å². The maximum absolute atomic E-state index is 13.3. The SMILES string of the molecule is Cc1ccc(S(=O)(=O)Nc2ccc(C3(O)OC(=O)C(c4ccc5nsnc5c4)=C3Cc3cccs3)cc2)cc1. The normalized spacial score (nSPS) is 17.5. The number of carbonyl (C=O) groups is 1. The number of esters is 1. The van der Waals surface area contributed by atoms with Crippen LogP contribution >= 0.6 is 23.1 Å². The van der Waals surface area contributed by atoms with E-state index in [4.69, 9.17) is 4.74 Å². The van der Waals surface area contributed by atoms with E-state index in [1.807, 2.05) is 24.4 Å². The van der Waals surface area contributed by atoms with E-state index in [2.05, 4.69) is 13.5 Å². The van der Waals surface area contributed by atoms with Crippen molar-refractivity contribution >= 4 is 61.4 Å². The summed E-state index contributed by atoms with van der Waals surface area (Å²) >= 11 is 2.59. The van der Waals surface area contributed by atoms with Gasteiger partial charge in [0, 0.05) is 28.1 Å². The van der Waals surface area contributed by atoms with Crippen LogP contribution in [0.4, 0.5) is 5.69 Å². The second-order valence-electron chi connectivity index (χ2n) is 9.11. The number of nitrogens with one attached hydrogen (secondary N) is 1. The first-order valence-electron chi connectivity index (χ1n) is 11.9. The zero-order valence-electron chi connectivity index (χ0n) is 20.5. The first kappa shape index (κ1) is 25.4. The van der Waals surface area contributed by atoms with E-state index in [-0.39, 0.29) is 16.9 Å². The number of thiophene rings is 1. The van der Waals surface area contributed by atoms with Gasteiger partial charge in [0.1, 0.15) is 11.0 Å². The number of benzene rings is 3. The summed E-state index contributed by atoms with van der Waals surface area (Å²) in [4.78, 5) is 14.3. The van der Waals surface area contributed by atoms with Crippen LogP contribution in [-0.2, 0) is 31.8 Å². The third-order valence-electron chi connectivity index (χ3n) is 6.49. The number of rotatable bonds is 7. The number of cyclic esters (lactones) is 1. The second-order valence-corrected chi connectivity index (χ2v) is 12.3. The Bertz CT molecular complexity index is 1830. The van der Waals surface area contributed by atoms with Gasteiger partial charge in [0.15, 0.2) is 0 Å². The molecule has 11 heteroatoms. The van der Waals surface area contributed by atoms with Crippen molar-refractivity contribution in [1.29, 1.82) is 0 Å². The van der Waals surface area contributed by atoms with Crippen molar-refractivity contribution in [3.63, 3.8) is 0 Å². The van der Waals surface area contributed by atoms with Crippen molar-refractivity contribution in [2.75, 3.05) is 4.72 Å². The molecule has 0 spiro atoms. The van der Waals surface area contributed by atoms with E-state index in [0.717, 1.165) is 27.7 Å². The lowest BCUT2D eigenvalue weighted by Crippen LogP contribution is -2.29. The van der Waals surface area contributed by atoms with Crippen LogP contribution in [0.5, 0.6) is 0 Å². The molecule has 3 heterocycles. The van der Waals surface area contributed by atoms with Crippen molar-refractivity contribution in [1.82, 2.24) is 8.75 Å². The fourth-order valence-electron chi connectivity index (χ4n) is 4.49. The molecule has 1 unspecified atom stereocenters. The summed E-state index contributed by atoms with van der Waals surface area (Å²) in [5.74, 6) is -2.70. The number of sulfonamides is 1. The maximum atomic E-state index is 13.3. The average Bonchev–Trinajstić information content (AvgIpc) is 3.65. The molecule has 0 radical (unpaired) electrons. The number of fused-ring (bicyclic) bond motifs is 1. The van der Waals surface area contributed by atoms with E-state index >= 15 is 0 Å². The average molecular weight is 576 g/mol. The van der Waals surface area contributed by atoms with Crippen molar-refractivity contribution in [2.24, 2.45) is 0 Å². The highest BCUT2D eigenvalue weighted by molar-refractivity contribution is 7.92. The molecule has 3 aromatic carbocycles. The molecule has 0 fully saturated rings. The summed E-state index contributed by atoms with van der Waals surface area (Å²) in [6.45, 7) is 1.88. The van der Waals surface area contributed by atoms with Crippen LogP contribution in [0.1, 0.15) is 21.6 Å². The minimum atomic E-state index is -3.80. The summed E-state index contributed by atoms with van der Waals surface area (Å²) in [7, 11) is -3.80. The number of ether oxygens (including phenoxy) is 1. The van der Waals surface area contributed by atoms with Crippen LogP contribution in [0.3, 0.4) is 0 Å². The molecule has 196 valence electrons. The fraction of sp³-hybridized carbons (Fsp3) is 0.107. The summed E-state index contributed by atoms with van der Waals surface area (Å²) < 4.78 is 42.3. The van der Waals surface area contributed by atoms with Gasteiger partial charge in [0.25, 0.3) is 15.8 Å². The number of aryl methyl sites for hydroxylation is 1. The molecule has 0 amide bonds. The molecule has 0 saturated carbocycles. The number of carbonyl (C=O) groups excluding carboxylic acids is 1. The first-order chi connectivity index (χ1) is 18.7. The smallest absolute Gasteiger partial charge is 0.342 e. The van der Waals surface area contributed by atoms with E-state index in [1.54, 1.807) is 42.5 Å². The highest BCUT2D eigenvalue weighted by atomic mass is 32.2. The minimum Gasteiger partial charge on any atom is -0.421 e. The van der Waals surface area contributed by atoms with E-state index in [1.165, 1.54) is 35.6 Å². The fourth-order valence-corrected chi connectivity index (χ4v) is 6.79. The van der Waals surface area contributed by atoms with Crippen LogP contribution in [-0.4, -0.2) is 28.2 Å². The van der Waals surface area contributed by atoms with Gasteiger partial charge in [-0.15, -0.1) is 11.3 Å². The minimum absolute atomic E-state index is 0.138. The monoisotopic (exact) mass is 575 g/mol. The van der Waals surface area contributed by atoms with Crippen LogP contribution in [0.2, 0.25) is 0 Å². The zero-order valence-corrected chi connectivity index (χ0v) is 22.9. The number of anilines is 1. The Kier molecular flexibility index (Phi) is 6.31. The number of hydrogen-bond donors (Lipinski definition) is 2. The lowest BCUT2D eigenvalue weighted by atomic mass is 9.89. The largest absolute Gasteiger partial charge is 0.421 e. The lowest BCUT2D eigenvalue weighted by molar-refractivity contribution is -0.185. The van der Waals surface area contributed by atoms with Crippen molar-refractivity contribution in [3.05, 3.63) is 111 Å². The van der Waals surface area contributed by atoms with Crippen molar-refractivity contribution < 1.29 is 23.1 Å². The summed E-state index contributed by atoms with van der Waals surface area (Å²) in [5, 5.41) is 13.8. The summed E-state index contributed by atoms with van der Waals surface area (Å²) in [6, 6.07) is 21.8. The standard InChI is InChI=1S/C28H21N3O5S3/c1-17-4-11-22(12-5-17)39(34,35)31-20-9-7-19(8-10-20)28(33)23(16-21-3-2-14-37-21)26(27(32)36-28)18-6-13-24-25(15-18)30-38-29-24/h2-15,31,33H,16H2,1H3. The quantitative estimate of drug-likeness (QED) is 0.254. The Labute approximate surface area is 232 Å². The van der Waals surface area contributed by atoms with E-state index < -0.39 is 21.8 Å². The molecule has 8 nitrogen and oxygen atoms in total. The van der Waals surface area contributed by atoms with Crippen molar-refractivity contribution in [3.8, 4) is 0 Å². The molecule has 1 aliphatic rings. The Morgan fingerprint density at radius 3 is 2.44 bits per heavy atom. The molecule has 2 N–H and O–H groups in total. The summed E-state index contributed by atoms with van der Waals surface area (Å²) in [6.07, 6.45) is 0.282.